The van der Waals surface area contributed by atoms with Crippen molar-refractivity contribution in [3.8, 4) is 0 Å². The van der Waals surface area contributed by atoms with E-state index in [2.05, 4.69) is 6.07 Å². The SMILES string of the molecule is Cc1cccc(C=C2OC(=O)C=C2c2ccccc2)c1. The molecule has 0 fully saturated rings. The number of benzene rings is 2. The van der Waals surface area contributed by atoms with Crippen molar-refractivity contribution in [1.29, 1.82) is 0 Å². The standard InChI is InChI=1S/C18H14O2/c1-13-6-5-7-14(10-13)11-17-16(12-18(19)20-17)15-8-3-2-4-9-15/h2-12H,1H3. The van der Waals surface area contributed by atoms with Crippen molar-refractivity contribution in [1.82, 2.24) is 0 Å². The quantitative estimate of drug-likeness (QED) is 0.765. The maximum Gasteiger partial charge on any atom is 0.336 e. The van der Waals surface area contributed by atoms with Gasteiger partial charge in [0, 0.05) is 11.6 Å². The van der Waals surface area contributed by atoms with E-state index in [4.69, 9.17) is 4.74 Å². The predicted octanol–water partition coefficient (Wildman–Crippen LogP) is 3.98. The molecule has 0 aromatic heterocycles. The Bertz CT molecular complexity index is 709. The summed E-state index contributed by atoms with van der Waals surface area (Å²) in [6.07, 6.45) is 3.44. The van der Waals surface area contributed by atoms with Gasteiger partial charge in [0.05, 0.1) is 0 Å². The van der Waals surface area contributed by atoms with E-state index in [-0.39, 0.29) is 5.97 Å². The number of hydrogen-bond donors (Lipinski definition) is 0. The third-order valence-corrected chi connectivity index (χ3v) is 3.16. The highest BCUT2D eigenvalue weighted by Crippen LogP contribution is 2.30. The van der Waals surface area contributed by atoms with Gasteiger partial charge in [-0.15, -0.1) is 0 Å². The molecule has 0 atom stereocenters. The fourth-order valence-electron chi connectivity index (χ4n) is 2.24. The van der Waals surface area contributed by atoms with Gasteiger partial charge in [-0.2, -0.15) is 0 Å². The van der Waals surface area contributed by atoms with Gasteiger partial charge >= 0.3 is 5.97 Å². The van der Waals surface area contributed by atoms with Gasteiger partial charge < -0.3 is 4.74 Å². The topological polar surface area (TPSA) is 26.3 Å². The highest BCUT2D eigenvalue weighted by molar-refractivity contribution is 6.03. The van der Waals surface area contributed by atoms with Gasteiger partial charge in [-0.05, 0) is 24.1 Å². The van der Waals surface area contributed by atoms with Crippen LogP contribution in [0.5, 0.6) is 0 Å². The summed E-state index contributed by atoms with van der Waals surface area (Å²) in [6.45, 7) is 2.04. The smallest absolute Gasteiger partial charge is 0.336 e. The van der Waals surface area contributed by atoms with E-state index in [1.165, 1.54) is 11.6 Å². The van der Waals surface area contributed by atoms with E-state index < -0.39 is 0 Å². The molecule has 1 aliphatic heterocycles. The molecule has 0 N–H and O–H groups in total. The van der Waals surface area contributed by atoms with Crippen LogP contribution in [0.1, 0.15) is 16.7 Å². The molecule has 0 spiro atoms. The van der Waals surface area contributed by atoms with Gasteiger partial charge in [0.1, 0.15) is 5.76 Å². The van der Waals surface area contributed by atoms with E-state index in [0.29, 0.717) is 5.76 Å². The van der Waals surface area contributed by atoms with Crippen molar-refractivity contribution in [2.75, 3.05) is 0 Å². The van der Waals surface area contributed by atoms with Crippen molar-refractivity contribution in [3.63, 3.8) is 0 Å². The van der Waals surface area contributed by atoms with Crippen LogP contribution in [0.2, 0.25) is 0 Å². The summed E-state index contributed by atoms with van der Waals surface area (Å²) in [5.41, 5.74) is 4.01. The molecular formula is C18H14O2. The summed E-state index contributed by atoms with van der Waals surface area (Å²) in [5, 5.41) is 0. The van der Waals surface area contributed by atoms with Gasteiger partial charge in [0.2, 0.25) is 0 Å². The summed E-state index contributed by atoms with van der Waals surface area (Å²) in [5.74, 6) is 0.287. The fourth-order valence-corrected chi connectivity index (χ4v) is 2.24. The molecule has 98 valence electrons. The first kappa shape index (κ1) is 12.4. The van der Waals surface area contributed by atoms with Crippen LogP contribution in [0.15, 0.2) is 66.4 Å². The Morgan fingerprint density at radius 3 is 2.55 bits per heavy atom. The number of carbonyl (C=O) groups is 1. The van der Waals surface area contributed by atoms with Crippen LogP contribution in [0.25, 0.3) is 11.6 Å². The summed E-state index contributed by atoms with van der Waals surface area (Å²) >= 11 is 0. The Kier molecular flexibility index (Phi) is 3.21. The van der Waals surface area contributed by atoms with Crippen molar-refractivity contribution in [3.05, 3.63) is 83.1 Å². The van der Waals surface area contributed by atoms with Crippen molar-refractivity contribution in [2.45, 2.75) is 6.92 Å². The minimum Gasteiger partial charge on any atom is -0.423 e. The minimum absolute atomic E-state index is 0.317. The number of esters is 1. The van der Waals surface area contributed by atoms with Crippen LogP contribution in [-0.2, 0) is 9.53 Å². The molecule has 0 unspecified atom stereocenters. The zero-order valence-corrected chi connectivity index (χ0v) is 11.2. The molecule has 2 heteroatoms. The second-order valence-corrected chi connectivity index (χ2v) is 4.77. The first-order valence-corrected chi connectivity index (χ1v) is 6.50. The molecule has 0 saturated heterocycles. The van der Waals surface area contributed by atoms with E-state index in [9.17, 15) is 4.79 Å². The van der Waals surface area contributed by atoms with Crippen LogP contribution < -0.4 is 0 Å². The molecule has 2 aromatic carbocycles. The zero-order valence-electron chi connectivity index (χ0n) is 11.2. The van der Waals surface area contributed by atoms with Crippen molar-refractivity contribution >= 4 is 17.6 Å². The highest BCUT2D eigenvalue weighted by atomic mass is 16.5. The molecule has 0 radical (unpaired) electrons. The summed E-state index contributed by atoms with van der Waals surface area (Å²) < 4.78 is 5.30. The van der Waals surface area contributed by atoms with Crippen molar-refractivity contribution in [2.24, 2.45) is 0 Å². The molecule has 3 rings (SSSR count). The highest BCUT2D eigenvalue weighted by Gasteiger charge is 2.21. The Labute approximate surface area is 118 Å². The van der Waals surface area contributed by atoms with Crippen LogP contribution in [0.4, 0.5) is 0 Å². The monoisotopic (exact) mass is 262 g/mol. The van der Waals surface area contributed by atoms with E-state index in [1.807, 2.05) is 61.5 Å². The number of rotatable bonds is 2. The zero-order chi connectivity index (χ0) is 13.9. The second kappa shape index (κ2) is 5.17. The lowest BCUT2D eigenvalue weighted by atomic mass is 10.0. The van der Waals surface area contributed by atoms with Gasteiger partial charge in [-0.3, -0.25) is 0 Å². The summed E-state index contributed by atoms with van der Waals surface area (Å²) in [6, 6.07) is 17.9. The third-order valence-electron chi connectivity index (χ3n) is 3.16. The molecule has 0 amide bonds. The average Bonchev–Trinajstić information content (AvgIpc) is 2.80. The van der Waals surface area contributed by atoms with Gasteiger partial charge in [-0.1, -0.05) is 60.2 Å². The largest absolute Gasteiger partial charge is 0.423 e. The Hall–Kier alpha value is -2.61. The molecule has 20 heavy (non-hydrogen) atoms. The first-order valence-electron chi connectivity index (χ1n) is 6.50. The molecule has 1 aliphatic rings. The number of hydrogen-bond acceptors (Lipinski definition) is 2. The Morgan fingerprint density at radius 2 is 1.80 bits per heavy atom. The molecule has 1 heterocycles. The van der Waals surface area contributed by atoms with Gasteiger partial charge in [0.25, 0.3) is 0 Å². The molecule has 0 bridgehead atoms. The van der Waals surface area contributed by atoms with Crippen LogP contribution in [0, 0.1) is 6.92 Å². The molecular weight excluding hydrogens is 248 g/mol. The third kappa shape index (κ3) is 2.54. The number of cyclic esters (lactones) is 1. The lowest BCUT2D eigenvalue weighted by molar-refractivity contribution is -0.132. The number of carbonyl (C=O) groups excluding carboxylic acids is 1. The van der Waals surface area contributed by atoms with Crippen LogP contribution in [-0.4, -0.2) is 5.97 Å². The number of allylic oxidation sites excluding steroid dienone is 1. The van der Waals surface area contributed by atoms with Gasteiger partial charge in [-0.25, -0.2) is 4.79 Å². The normalized spacial score (nSPS) is 16.1. The number of ether oxygens (including phenoxy) is 1. The lowest BCUT2D eigenvalue weighted by Crippen LogP contribution is -1.91. The molecule has 0 aliphatic carbocycles. The van der Waals surface area contributed by atoms with Crippen LogP contribution >= 0.6 is 0 Å². The maximum absolute atomic E-state index is 11.6. The first-order chi connectivity index (χ1) is 9.72. The molecule has 2 nitrogen and oxygen atoms in total. The van der Waals surface area contributed by atoms with E-state index in [1.54, 1.807) is 0 Å². The summed E-state index contributed by atoms with van der Waals surface area (Å²) in [7, 11) is 0. The maximum atomic E-state index is 11.6. The molecule has 0 saturated carbocycles. The predicted molar refractivity (Wildman–Crippen MR) is 79.7 cm³/mol. The summed E-state index contributed by atoms with van der Waals surface area (Å²) in [4.78, 5) is 11.6. The Morgan fingerprint density at radius 1 is 1.00 bits per heavy atom. The van der Waals surface area contributed by atoms with Gasteiger partial charge in [0.15, 0.2) is 0 Å². The lowest BCUT2D eigenvalue weighted by Gasteiger charge is -2.05. The number of aryl methyl sites for hydroxylation is 1. The van der Waals surface area contributed by atoms with Crippen molar-refractivity contribution < 1.29 is 9.53 Å². The van der Waals surface area contributed by atoms with E-state index >= 15 is 0 Å². The Balaban J connectivity index is 2.01. The van der Waals surface area contributed by atoms with Crippen LogP contribution in [0.3, 0.4) is 0 Å². The van der Waals surface area contributed by atoms with E-state index in [0.717, 1.165) is 16.7 Å². The second-order valence-electron chi connectivity index (χ2n) is 4.77. The fraction of sp³-hybridized carbons (Fsp3) is 0.0556. The average molecular weight is 262 g/mol. The molecule has 2 aromatic rings. The minimum atomic E-state index is -0.317.